The smallest absolute Gasteiger partial charge is 0.259 e. The average Bonchev–Trinajstić information content (AvgIpc) is 2.64. The van der Waals surface area contributed by atoms with E-state index in [1.165, 1.54) is 19.6 Å². The van der Waals surface area contributed by atoms with Crippen LogP contribution in [0.2, 0.25) is 0 Å². The maximum atomic E-state index is 11.8. The molecule has 0 fully saturated rings. The number of ether oxygens (including phenoxy) is 1. The zero-order valence-electron chi connectivity index (χ0n) is 9.05. The highest BCUT2D eigenvalue weighted by atomic mass is 35.5. The van der Waals surface area contributed by atoms with E-state index in [4.69, 9.17) is 16.3 Å². The number of hydrogen-bond acceptors (Lipinski definition) is 4. The van der Waals surface area contributed by atoms with Crippen molar-refractivity contribution in [3.05, 3.63) is 12.5 Å². The molecule has 0 spiro atoms. The van der Waals surface area contributed by atoms with Gasteiger partial charge in [-0.05, 0) is 0 Å². The molecule has 0 aliphatic carbocycles. The molecule has 0 aliphatic heterocycles. The van der Waals surface area contributed by atoms with E-state index in [0.717, 1.165) is 0 Å². The molecular weight excluding hydrogens is 254 g/mol. The van der Waals surface area contributed by atoms with Crippen LogP contribution in [-0.2, 0) is 21.8 Å². The Morgan fingerprint density at radius 1 is 1.69 bits per heavy atom. The molecule has 1 rings (SSSR count). The molecular formula is C8H14ClN3O3S. The Morgan fingerprint density at radius 2 is 2.38 bits per heavy atom. The van der Waals surface area contributed by atoms with Crippen LogP contribution in [0.15, 0.2) is 17.6 Å². The lowest BCUT2D eigenvalue weighted by Gasteiger charge is -2.13. The van der Waals surface area contributed by atoms with E-state index in [-0.39, 0.29) is 17.5 Å². The molecule has 1 aromatic rings. The first kappa shape index (κ1) is 13.4. The first-order chi connectivity index (χ1) is 7.49. The number of nitrogens with one attached hydrogen (secondary N) is 1. The van der Waals surface area contributed by atoms with Gasteiger partial charge in [-0.3, -0.25) is 0 Å². The molecule has 0 aliphatic rings. The number of nitrogens with zero attached hydrogens (tertiary/aromatic N) is 2. The summed E-state index contributed by atoms with van der Waals surface area (Å²) in [5.74, 6) is 0.139. The van der Waals surface area contributed by atoms with E-state index in [1.807, 2.05) is 0 Å². The second-order valence-electron chi connectivity index (χ2n) is 3.31. The minimum absolute atomic E-state index is 0.0266. The summed E-state index contributed by atoms with van der Waals surface area (Å²) in [5, 5.41) is -0.0266. The van der Waals surface area contributed by atoms with Gasteiger partial charge in [-0.15, -0.1) is 11.6 Å². The van der Waals surface area contributed by atoms with E-state index in [0.29, 0.717) is 0 Å². The van der Waals surface area contributed by atoms with E-state index in [9.17, 15) is 8.42 Å². The molecule has 1 atom stereocenters. The molecule has 0 amide bonds. The molecule has 16 heavy (non-hydrogen) atoms. The number of imidazole rings is 1. The van der Waals surface area contributed by atoms with Crippen LogP contribution in [0.25, 0.3) is 0 Å². The lowest BCUT2D eigenvalue weighted by Crippen LogP contribution is -2.39. The summed E-state index contributed by atoms with van der Waals surface area (Å²) in [6, 6.07) is -0.460. The van der Waals surface area contributed by atoms with Gasteiger partial charge in [0.05, 0.1) is 19.0 Å². The molecule has 92 valence electrons. The largest absolute Gasteiger partial charge is 0.383 e. The summed E-state index contributed by atoms with van der Waals surface area (Å²) in [5.41, 5.74) is 0. The second kappa shape index (κ2) is 5.62. The van der Waals surface area contributed by atoms with E-state index in [2.05, 4.69) is 9.71 Å². The molecule has 1 N–H and O–H groups in total. The molecule has 0 radical (unpaired) electrons. The molecule has 0 saturated heterocycles. The second-order valence-corrected chi connectivity index (χ2v) is 5.27. The zero-order valence-corrected chi connectivity index (χ0v) is 10.6. The molecule has 0 aromatic carbocycles. The number of rotatable bonds is 6. The molecule has 0 saturated carbocycles. The van der Waals surface area contributed by atoms with Crippen LogP contribution in [0.3, 0.4) is 0 Å². The van der Waals surface area contributed by atoms with Crippen molar-refractivity contribution in [1.82, 2.24) is 14.3 Å². The van der Waals surface area contributed by atoms with Crippen molar-refractivity contribution >= 4 is 21.6 Å². The van der Waals surface area contributed by atoms with E-state index >= 15 is 0 Å². The predicted octanol–water partition coefficient (Wildman–Crippen LogP) is -0.0478. The third kappa shape index (κ3) is 3.44. The zero-order chi connectivity index (χ0) is 12.2. The highest BCUT2D eigenvalue weighted by Crippen LogP contribution is 2.05. The highest BCUT2D eigenvalue weighted by Gasteiger charge is 2.21. The van der Waals surface area contributed by atoms with Crippen molar-refractivity contribution in [3.63, 3.8) is 0 Å². The van der Waals surface area contributed by atoms with Gasteiger partial charge in [0.25, 0.3) is 10.0 Å². The standard InChI is InChI=1S/C8H14ClN3O3S/c1-12-4-8(10-6-12)16(13,14)11-7(3-9)5-15-2/h4,6-7,11H,3,5H2,1-2H3. The number of sulfonamides is 1. The van der Waals surface area contributed by atoms with Crippen molar-refractivity contribution in [3.8, 4) is 0 Å². The summed E-state index contributed by atoms with van der Waals surface area (Å²) in [6.45, 7) is 0.218. The fourth-order valence-electron chi connectivity index (χ4n) is 1.12. The van der Waals surface area contributed by atoms with Crippen molar-refractivity contribution in [2.75, 3.05) is 19.6 Å². The third-order valence-electron chi connectivity index (χ3n) is 1.83. The predicted molar refractivity (Wildman–Crippen MR) is 59.9 cm³/mol. The topological polar surface area (TPSA) is 73.2 Å². The minimum atomic E-state index is -3.62. The Morgan fingerprint density at radius 3 is 2.81 bits per heavy atom. The number of alkyl halides is 1. The van der Waals surface area contributed by atoms with Crippen molar-refractivity contribution in [2.45, 2.75) is 11.1 Å². The first-order valence-electron chi connectivity index (χ1n) is 4.55. The maximum absolute atomic E-state index is 11.8. The SMILES string of the molecule is COCC(CCl)NS(=O)(=O)c1cn(C)cn1. The van der Waals surface area contributed by atoms with Gasteiger partial charge in [0.1, 0.15) is 0 Å². The molecule has 1 aromatic heterocycles. The van der Waals surface area contributed by atoms with Crippen molar-refractivity contribution in [1.29, 1.82) is 0 Å². The summed E-state index contributed by atoms with van der Waals surface area (Å²) in [4.78, 5) is 3.76. The van der Waals surface area contributed by atoms with Crippen LogP contribution in [0.4, 0.5) is 0 Å². The van der Waals surface area contributed by atoms with Gasteiger partial charge >= 0.3 is 0 Å². The summed E-state index contributed by atoms with van der Waals surface area (Å²) in [6.07, 6.45) is 2.83. The lowest BCUT2D eigenvalue weighted by atomic mass is 10.4. The van der Waals surface area contributed by atoms with Crippen molar-refractivity contribution < 1.29 is 13.2 Å². The first-order valence-corrected chi connectivity index (χ1v) is 6.56. The lowest BCUT2D eigenvalue weighted by molar-refractivity contribution is 0.181. The van der Waals surface area contributed by atoms with Gasteiger partial charge in [-0.1, -0.05) is 0 Å². The molecule has 0 bridgehead atoms. The molecule has 8 heteroatoms. The minimum Gasteiger partial charge on any atom is -0.383 e. The molecule has 6 nitrogen and oxygen atoms in total. The van der Waals surface area contributed by atoms with E-state index in [1.54, 1.807) is 11.6 Å². The van der Waals surface area contributed by atoms with Gasteiger partial charge in [-0.2, -0.15) is 0 Å². The van der Waals surface area contributed by atoms with Crippen LogP contribution in [0.1, 0.15) is 0 Å². The van der Waals surface area contributed by atoms with Gasteiger partial charge in [0.2, 0.25) is 0 Å². The maximum Gasteiger partial charge on any atom is 0.259 e. The summed E-state index contributed by atoms with van der Waals surface area (Å²) < 4.78 is 32.4. The van der Waals surface area contributed by atoms with Crippen LogP contribution >= 0.6 is 11.6 Å². The summed E-state index contributed by atoms with van der Waals surface area (Å²) >= 11 is 5.61. The van der Waals surface area contributed by atoms with E-state index < -0.39 is 16.1 Å². The Balaban J connectivity index is 2.78. The normalized spacial score (nSPS) is 13.9. The quantitative estimate of drug-likeness (QED) is 0.734. The molecule has 1 unspecified atom stereocenters. The Hall–Kier alpha value is -0.630. The Bertz CT molecular complexity index is 431. The number of aryl methyl sites for hydroxylation is 1. The van der Waals surface area contributed by atoms with Gasteiger partial charge in [0.15, 0.2) is 5.03 Å². The van der Waals surface area contributed by atoms with Crippen molar-refractivity contribution in [2.24, 2.45) is 7.05 Å². The van der Waals surface area contributed by atoms with Crippen LogP contribution in [0.5, 0.6) is 0 Å². The fraction of sp³-hybridized carbons (Fsp3) is 0.625. The number of methoxy groups -OCH3 is 1. The van der Waals surface area contributed by atoms with Gasteiger partial charge in [-0.25, -0.2) is 18.1 Å². The van der Waals surface area contributed by atoms with Crippen LogP contribution in [-0.4, -0.2) is 43.6 Å². The van der Waals surface area contributed by atoms with Gasteiger partial charge < -0.3 is 9.30 Å². The number of aromatic nitrogens is 2. The van der Waals surface area contributed by atoms with Gasteiger partial charge in [0, 0.05) is 26.2 Å². The monoisotopic (exact) mass is 267 g/mol. The highest BCUT2D eigenvalue weighted by molar-refractivity contribution is 7.89. The third-order valence-corrected chi connectivity index (χ3v) is 3.61. The fourth-order valence-corrected chi connectivity index (χ4v) is 2.58. The van der Waals surface area contributed by atoms with Crippen LogP contribution < -0.4 is 4.72 Å². The molecule has 1 heterocycles. The Kier molecular flexibility index (Phi) is 4.72. The average molecular weight is 268 g/mol. The van der Waals surface area contributed by atoms with Crippen LogP contribution in [0, 0.1) is 0 Å². The number of hydrogen-bond donors (Lipinski definition) is 1. The number of halogens is 1. The summed E-state index contributed by atoms with van der Waals surface area (Å²) in [7, 11) is -0.444. The Labute approximate surface area is 99.6 Å².